The third kappa shape index (κ3) is 4.79. The summed E-state index contributed by atoms with van der Waals surface area (Å²) in [6.07, 6.45) is 2.42. The van der Waals surface area contributed by atoms with Crippen LogP contribution < -0.4 is 0 Å². The molecule has 2 saturated heterocycles. The van der Waals surface area contributed by atoms with Gasteiger partial charge in [0.1, 0.15) is 4.32 Å². The lowest BCUT2D eigenvalue weighted by molar-refractivity contribution is -0.133. The highest BCUT2D eigenvalue weighted by molar-refractivity contribution is 8.26. The van der Waals surface area contributed by atoms with E-state index in [1.165, 1.54) is 28.0 Å². The number of nitrogens with zero attached hydrogens (tertiary/aromatic N) is 2. The summed E-state index contributed by atoms with van der Waals surface area (Å²) in [6, 6.07) is 3.57. The third-order valence-corrected chi connectivity index (χ3v) is 8.50. The lowest BCUT2D eigenvalue weighted by Crippen LogP contribution is -2.42. The van der Waals surface area contributed by atoms with Gasteiger partial charge in [0.15, 0.2) is 9.84 Å². The van der Waals surface area contributed by atoms with Gasteiger partial charge in [0.25, 0.3) is 5.91 Å². The summed E-state index contributed by atoms with van der Waals surface area (Å²) in [5, 5.41) is 1.94. The smallest absolute Gasteiger partial charge is 0.266 e. The molecule has 0 bridgehead atoms. The Morgan fingerprint density at radius 1 is 1.48 bits per heavy atom. The number of thiocarbonyl (C=S) groups is 1. The van der Waals surface area contributed by atoms with Gasteiger partial charge in [-0.15, -0.1) is 11.3 Å². The Kier molecular flexibility index (Phi) is 6.39. The molecule has 2 aliphatic rings. The van der Waals surface area contributed by atoms with E-state index >= 15 is 0 Å². The second-order valence-corrected chi connectivity index (χ2v) is 11.2. The first-order chi connectivity index (χ1) is 12.8. The third-order valence-electron chi connectivity index (χ3n) is 4.55. The van der Waals surface area contributed by atoms with Crippen molar-refractivity contribution >= 4 is 67.4 Å². The molecule has 10 heteroatoms. The zero-order chi connectivity index (χ0) is 19.6. The van der Waals surface area contributed by atoms with Crippen LogP contribution in [0.5, 0.6) is 0 Å². The van der Waals surface area contributed by atoms with E-state index < -0.39 is 9.84 Å². The molecule has 3 rings (SSSR count). The van der Waals surface area contributed by atoms with Crippen molar-refractivity contribution in [1.29, 1.82) is 0 Å². The summed E-state index contributed by atoms with van der Waals surface area (Å²) < 4.78 is 23.8. The van der Waals surface area contributed by atoms with Crippen LogP contribution in [0, 0.1) is 0 Å². The molecule has 6 nitrogen and oxygen atoms in total. The summed E-state index contributed by atoms with van der Waals surface area (Å²) in [5.74, 6) is -0.172. The predicted octanol–water partition coefficient (Wildman–Crippen LogP) is 2.38. The monoisotopic (exact) mass is 444 g/mol. The van der Waals surface area contributed by atoms with Crippen molar-refractivity contribution < 1.29 is 18.0 Å². The molecule has 1 atom stereocenters. The molecule has 1 aromatic heterocycles. The number of amides is 2. The minimum atomic E-state index is -3.05. The van der Waals surface area contributed by atoms with Crippen molar-refractivity contribution in [2.75, 3.05) is 24.6 Å². The second kappa shape index (κ2) is 8.42. The van der Waals surface area contributed by atoms with E-state index in [-0.39, 0.29) is 42.3 Å². The van der Waals surface area contributed by atoms with Gasteiger partial charge in [-0.05, 0) is 30.9 Å². The number of hydrogen-bond donors (Lipinski definition) is 0. The average Bonchev–Trinajstić information content (AvgIpc) is 3.29. The first-order valence-electron chi connectivity index (χ1n) is 8.59. The Morgan fingerprint density at radius 3 is 2.85 bits per heavy atom. The summed E-state index contributed by atoms with van der Waals surface area (Å²) in [6.45, 7) is 2.50. The molecule has 0 N–H and O–H groups in total. The van der Waals surface area contributed by atoms with Crippen molar-refractivity contribution in [3.63, 3.8) is 0 Å². The summed E-state index contributed by atoms with van der Waals surface area (Å²) in [4.78, 5) is 29.8. The highest BCUT2D eigenvalue weighted by Crippen LogP contribution is 2.33. The van der Waals surface area contributed by atoms with Gasteiger partial charge in [0.2, 0.25) is 5.91 Å². The largest absolute Gasteiger partial charge is 0.339 e. The van der Waals surface area contributed by atoms with Crippen LogP contribution in [0.25, 0.3) is 6.08 Å². The predicted molar refractivity (Wildman–Crippen MR) is 113 cm³/mol. The zero-order valence-corrected chi connectivity index (χ0v) is 18.1. The first kappa shape index (κ1) is 20.5. The number of sulfone groups is 1. The molecule has 27 heavy (non-hydrogen) atoms. The maximum absolute atomic E-state index is 12.6. The van der Waals surface area contributed by atoms with Crippen molar-refractivity contribution in [3.05, 3.63) is 27.3 Å². The minimum absolute atomic E-state index is 0.0250. The molecule has 1 aromatic rings. The highest BCUT2D eigenvalue weighted by atomic mass is 32.2. The van der Waals surface area contributed by atoms with Crippen LogP contribution in [0.1, 0.15) is 24.6 Å². The van der Waals surface area contributed by atoms with E-state index in [1.54, 1.807) is 4.90 Å². The van der Waals surface area contributed by atoms with Gasteiger partial charge in [-0.1, -0.05) is 30.0 Å². The number of hydrogen-bond acceptors (Lipinski definition) is 7. The van der Waals surface area contributed by atoms with Crippen molar-refractivity contribution in [3.8, 4) is 0 Å². The summed E-state index contributed by atoms with van der Waals surface area (Å²) in [5.41, 5.74) is 0. The fourth-order valence-corrected chi connectivity index (χ4v) is 6.97. The molecule has 0 unspecified atom stereocenters. The van der Waals surface area contributed by atoms with Gasteiger partial charge in [-0.25, -0.2) is 8.42 Å². The maximum Gasteiger partial charge on any atom is 0.266 e. The van der Waals surface area contributed by atoms with E-state index in [0.717, 1.165) is 4.88 Å². The quantitative estimate of drug-likeness (QED) is 0.495. The Balaban J connectivity index is 1.61. The molecular weight excluding hydrogens is 424 g/mol. The van der Waals surface area contributed by atoms with Crippen molar-refractivity contribution in [1.82, 2.24) is 9.80 Å². The van der Waals surface area contributed by atoms with Crippen LogP contribution in [0.4, 0.5) is 0 Å². The Hall–Kier alpha value is -1.23. The lowest BCUT2D eigenvalue weighted by atomic mass is 10.2. The van der Waals surface area contributed by atoms with Gasteiger partial charge < -0.3 is 4.90 Å². The van der Waals surface area contributed by atoms with Gasteiger partial charge >= 0.3 is 0 Å². The fourth-order valence-electron chi connectivity index (χ4n) is 3.21. The van der Waals surface area contributed by atoms with Crippen LogP contribution in [0.2, 0.25) is 0 Å². The normalized spacial score (nSPS) is 23.4. The van der Waals surface area contributed by atoms with Crippen molar-refractivity contribution in [2.45, 2.75) is 25.8 Å². The maximum atomic E-state index is 12.6. The number of thiophene rings is 1. The minimum Gasteiger partial charge on any atom is -0.339 e. The van der Waals surface area contributed by atoms with E-state index in [0.29, 0.717) is 22.2 Å². The van der Waals surface area contributed by atoms with E-state index in [9.17, 15) is 18.0 Å². The Labute approximate surface area is 172 Å². The first-order valence-corrected chi connectivity index (χ1v) is 12.5. The molecule has 0 spiro atoms. The molecule has 2 amide bonds. The molecule has 0 aliphatic carbocycles. The molecule has 0 saturated carbocycles. The van der Waals surface area contributed by atoms with Crippen LogP contribution in [-0.4, -0.2) is 65.0 Å². The zero-order valence-electron chi connectivity index (χ0n) is 14.8. The van der Waals surface area contributed by atoms with Crippen LogP contribution in [0.15, 0.2) is 22.4 Å². The van der Waals surface area contributed by atoms with Gasteiger partial charge in [-0.3, -0.25) is 14.5 Å². The van der Waals surface area contributed by atoms with Crippen LogP contribution in [-0.2, 0) is 19.4 Å². The van der Waals surface area contributed by atoms with Gasteiger partial charge in [0.05, 0.1) is 16.4 Å². The second-order valence-electron chi connectivity index (χ2n) is 6.34. The lowest BCUT2D eigenvalue weighted by Gasteiger charge is -2.27. The highest BCUT2D eigenvalue weighted by Gasteiger charge is 2.35. The van der Waals surface area contributed by atoms with E-state index in [1.807, 2.05) is 30.5 Å². The number of carbonyl (C=O) groups excluding carboxylic acids is 2. The number of thioether (sulfide) groups is 1. The fraction of sp³-hybridized carbons (Fsp3) is 0.471. The van der Waals surface area contributed by atoms with E-state index in [2.05, 4.69) is 0 Å². The molecule has 0 radical (unpaired) electrons. The molecule has 146 valence electrons. The van der Waals surface area contributed by atoms with E-state index in [4.69, 9.17) is 12.2 Å². The van der Waals surface area contributed by atoms with Crippen LogP contribution >= 0.6 is 35.3 Å². The van der Waals surface area contributed by atoms with Gasteiger partial charge in [0, 0.05) is 30.4 Å². The molecule has 0 aromatic carbocycles. The molecule has 3 heterocycles. The number of rotatable bonds is 6. The van der Waals surface area contributed by atoms with Gasteiger partial charge in [-0.2, -0.15) is 0 Å². The van der Waals surface area contributed by atoms with Crippen molar-refractivity contribution in [2.24, 2.45) is 0 Å². The SMILES string of the molecule is CCN(C(=O)CCN1C(=O)/C(=C/c2cccs2)SC1=S)[C@H]1CCS(=O)(=O)C1. The molecular formula is C17H20N2O4S4. The summed E-state index contributed by atoms with van der Waals surface area (Å²) >= 11 is 8.08. The number of carbonyl (C=O) groups is 2. The average molecular weight is 445 g/mol. The molecule has 2 aliphatic heterocycles. The molecule has 2 fully saturated rings. The van der Waals surface area contributed by atoms with Crippen LogP contribution in [0.3, 0.4) is 0 Å². The Bertz CT molecular complexity index is 877. The Morgan fingerprint density at radius 2 is 2.26 bits per heavy atom. The topological polar surface area (TPSA) is 74.8 Å². The summed E-state index contributed by atoms with van der Waals surface area (Å²) in [7, 11) is -3.05. The standard InChI is InChI=1S/C17H20N2O4S4/c1-2-18(12-6-9-27(22,23)11-12)15(20)5-7-19-16(21)14(26-17(19)24)10-13-4-3-8-25-13/h3-4,8,10,12H,2,5-7,9,11H2,1H3/b14-10-/t12-/m0/s1.